The van der Waals surface area contributed by atoms with Crippen LogP contribution in [0.4, 0.5) is 0 Å². The van der Waals surface area contributed by atoms with E-state index in [4.69, 9.17) is 23.7 Å². The molecule has 1 fully saturated rings. The van der Waals surface area contributed by atoms with Crippen molar-refractivity contribution >= 4 is 12.3 Å². The van der Waals surface area contributed by atoms with Crippen LogP contribution in [0.2, 0.25) is 0 Å². The van der Waals surface area contributed by atoms with Crippen LogP contribution >= 0.6 is 0 Å². The summed E-state index contributed by atoms with van der Waals surface area (Å²) in [5.74, 6) is -0.605. The molecule has 0 spiro atoms. The number of hydrogen-bond acceptors (Lipinski definition) is 7. The molecule has 7 heteroatoms. The Morgan fingerprint density at radius 3 is 2.06 bits per heavy atom. The van der Waals surface area contributed by atoms with Crippen molar-refractivity contribution in [3.05, 3.63) is 71.8 Å². The lowest BCUT2D eigenvalue weighted by Crippen LogP contribution is -2.56. The summed E-state index contributed by atoms with van der Waals surface area (Å²) in [5, 5.41) is 0. The highest BCUT2D eigenvalue weighted by atomic mass is 16.7. The van der Waals surface area contributed by atoms with E-state index in [1.54, 1.807) is 14.0 Å². The Hall–Kier alpha value is -2.58. The Morgan fingerprint density at radius 1 is 0.941 bits per heavy atom. The van der Waals surface area contributed by atoms with Gasteiger partial charge in [-0.05, 0) is 24.5 Å². The second kappa shape index (κ2) is 14.0. The van der Waals surface area contributed by atoms with Gasteiger partial charge in [0.2, 0.25) is 0 Å². The predicted octanol–water partition coefficient (Wildman–Crippen LogP) is 4.08. The molecule has 0 amide bonds. The van der Waals surface area contributed by atoms with Crippen LogP contribution < -0.4 is 0 Å². The molecule has 34 heavy (non-hydrogen) atoms. The second-order valence-electron chi connectivity index (χ2n) is 8.21. The highest BCUT2D eigenvalue weighted by Crippen LogP contribution is 2.35. The molecule has 3 unspecified atom stereocenters. The quantitative estimate of drug-likeness (QED) is 0.322. The molecule has 0 aromatic heterocycles. The first-order valence-corrected chi connectivity index (χ1v) is 11.7. The third-order valence-electron chi connectivity index (χ3n) is 5.90. The molecule has 0 saturated carbocycles. The lowest BCUT2D eigenvalue weighted by Gasteiger charge is -2.45. The van der Waals surface area contributed by atoms with Gasteiger partial charge in [0.1, 0.15) is 12.4 Å². The molecule has 0 bridgehead atoms. The van der Waals surface area contributed by atoms with E-state index in [1.807, 2.05) is 60.7 Å². The van der Waals surface area contributed by atoms with Gasteiger partial charge in [0, 0.05) is 25.9 Å². The Morgan fingerprint density at radius 2 is 1.53 bits per heavy atom. The summed E-state index contributed by atoms with van der Waals surface area (Å²) in [5.41, 5.74) is 2.01. The molecule has 5 atom stereocenters. The molecule has 1 aliphatic heterocycles. The second-order valence-corrected chi connectivity index (χ2v) is 8.21. The van der Waals surface area contributed by atoms with Gasteiger partial charge in [0.25, 0.3) is 0 Å². The molecule has 3 rings (SSSR count). The monoisotopic (exact) mass is 470 g/mol. The van der Waals surface area contributed by atoms with Crippen molar-refractivity contribution in [3.63, 3.8) is 0 Å². The van der Waals surface area contributed by atoms with Crippen molar-refractivity contribution in [1.82, 2.24) is 0 Å². The van der Waals surface area contributed by atoms with E-state index < -0.39 is 24.6 Å². The fourth-order valence-electron chi connectivity index (χ4n) is 4.25. The predicted molar refractivity (Wildman–Crippen MR) is 126 cm³/mol. The highest BCUT2D eigenvalue weighted by Gasteiger charge is 2.47. The summed E-state index contributed by atoms with van der Waals surface area (Å²) in [6.07, 6.45) is -0.470. The van der Waals surface area contributed by atoms with Crippen molar-refractivity contribution < 1.29 is 33.3 Å². The fraction of sp³-hybridized carbons (Fsp3) is 0.481. The van der Waals surface area contributed by atoms with Crippen LogP contribution in [-0.2, 0) is 46.5 Å². The van der Waals surface area contributed by atoms with E-state index in [0.717, 1.165) is 17.4 Å². The molecule has 7 nitrogen and oxygen atoms in total. The van der Waals surface area contributed by atoms with Gasteiger partial charge >= 0.3 is 5.97 Å². The zero-order chi connectivity index (χ0) is 24.2. The Kier molecular flexibility index (Phi) is 10.7. The first kappa shape index (κ1) is 26.0. The number of esters is 1. The Bertz CT molecular complexity index is 858. The average Bonchev–Trinajstić information content (AvgIpc) is 2.87. The molecule has 1 saturated heterocycles. The topological polar surface area (TPSA) is 80.3 Å². The number of carbonyl (C=O) groups is 2. The third kappa shape index (κ3) is 7.46. The summed E-state index contributed by atoms with van der Waals surface area (Å²) in [6.45, 7) is 2.80. The van der Waals surface area contributed by atoms with Gasteiger partial charge in [-0.25, -0.2) is 0 Å². The number of hydrogen-bond donors (Lipinski definition) is 0. The summed E-state index contributed by atoms with van der Waals surface area (Å²) >= 11 is 0. The SMILES string of the molecule is CCOC(=O)CCC1O[C@H](OC)C(OCc2ccccc2)C(CC=O)[C@@H]1OCc1ccccc1. The average molecular weight is 471 g/mol. The number of rotatable bonds is 13. The summed E-state index contributed by atoms with van der Waals surface area (Å²) in [7, 11) is 1.55. The van der Waals surface area contributed by atoms with Gasteiger partial charge in [-0.3, -0.25) is 4.79 Å². The summed E-state index contributed by atoms with van der Waals surface area (Å²) in [4.78, 5) is 23.7. The van der Waals surface area contributed by atoms with E-state index >= 15 is 0 Å². The van der Waals surface area contributed by atoms with Crippen molar-refractivity contribution in [3.8, 4) is 0 Å². The van der Waals surface area contributed by atoms with Crippen LogP contribution in [0.1, 0.15) is 37.3 Å². The van der Waals surface area contributed by atoms with Crippen LogP contribution in [0, 0.1) is 5.92 Å². The van der Waals surface area contributed by atoms with E-state index in [9.17, 15) is 9.59 Å². The molecule has 2 aromatic carbocycles. The Balaban J connectivity index is 1.80. The van der Waals surface area contributed by atoms with Crippen LogP contribution in [0.15, 0.2) is 60.7 Å². The third-order valence-corrected chi connectivity index (χ3v) is 5.90. The number of benzene rings is 2. The van der Waals surface area contributed by atoms with Gasteiger partial charge < -0.3 is 28.5 Å². The molecule has 1 heterocycles. The number of ether oxygens (including phenoxy) is 5. The maximum absolute atomic E-state index is 12.0. The minimum atomic E-state index is -0.697. The van der Waals surface area contributed by atoms with Gasteiger partial charge in [-0.1, -0.05) is 60.7 Å². The molecule has 2 aromatic rings. The minimum absolute atomic E-state index is 0.184. The van der Waals surface area contributed by atoms with E-state index in [1.165, 1.54) is 0 Å². The zero-order valence-corrected chi connectivity index (χ0v) is 19.8. The molecular weight excluding hydrogens is 436 g/mol. The van der Waals surface area contributed by atoms with Crippen LogP contribution in [-0.4, -0.2) is 50.6 Å². The van der Waals surface area contributed by atoms with E-state index in [-0.39, 0.29) is 24.7 Å². The smallest absolute Gasteiger partial charge is 0.305 e. The Labute approximate surface area is 201 Å². The van der Waals surface area contributed by atoms with E-state index in [2.05, 4.69) is 0 Å². The van der Waals surface area contributed by atoms with Crippen LogP contribution in [0.5, 0.6) is 0 Å². The van der Waals surface area contributed by atoms with Gasteiger partial charge in [0.15, 0.2) is 6.29 Å². The van der Waals surface area contributed by atoms with Crippen LogP contribution in [0.25, 0.3) is 0 Å². The van der Waals surface area contributed by atoms with Crippen molar-refractivity contribution in [2.24, 2.45) is 5.92 Å². The maximum atomic E-state index is 12.0. The lowest BCUT2D eigenvalue weighted by molar-refractivity contribution is -0.298. The van der Waals surface area contributed by atoms with Crippen molar-refractivity contribution in [2.45, 2.75) is 64.0 Å². The molecule has 184 valence electrons. The largest absolute Gasteiger partial charge is 0.466 e. The minimum Gasteiger partial charge on any atom is -0.466 e. The van der Waals surface area contributed by atoms with Gasteiger partial charge in [-0.15, -0.1) is 0 Å². The van der Waals surface area contributed by atoms with Crippen molar-refractivity contribution in [2.75, 3.05) is 13.7 Å². The molecule has 0 radical (unpaired) electrons. The van der Waals surface area contributed by atoms with Crippen LogP contribution in [0.3, 0.4) is 0 Å². The first-order valence-electron chi connectivity index (χ1n) is 11.7. The summed E-state index contributed by atoms with van der Waals surface area (Å²) < 4.78 is 29.6. The zero-order valence-electron chi connectivity index (χ0n) is 19.8. The summed E-state index contributed by atoms with van der Waals surface area (Å²) in [6, 6.07) is 19.6. The molecule has 0 N–H and O–H groups in total. The van der Waals surface area contributed by atoms with Gasteiger partial charge in [-0.2, -0.15) is 0 Å². The maximum Gasteiger partial charge on any atom is 0.305 e. The standard InChI is InChI=1S/C27H34O7/c1-3-31-24(29)15-14-23-25(32-18-20-10-6-4-7-11-20)22(16-17-28)26(27(30-2)34-23)33-19-21-12-8-5-9-13-21/h4-13,17,22-23,25-27H,3,14-16,18-19H2,1-2H3/t22?,23?,25-,26?,27-/m0/s1. The fourth-order valence-corrected chi connectivity index (χ4v) is 4.25. The first-order chi connectivity index (χ1) is 16.7. The van der Waals surface area contributed by atoms with Crippen molar-refractivity contribution in [1.29, 1.82) is 0 Å². The normalized spacial score (nSPS) is 24.5. The molecule has 0 aliphatic carbocycles. The molecule has 1 aliphatic rings. The number of methoxy groups -OCH3 is 1. The number of aldehydes is 1. The molecular formula is C27H34O7. The van der Waals surface area contributed by atoms with E-state index in [0.29, 0.717) is 26.2 Å². The lowest BCUT2D eigenvalue weighted by atomic mass is 9.84. The number of carbonyl (C=O) groups excluding carboxylic acids is 2. The highest BCUT2D eigenvalue weighted by molar-refractivity contribution is 5.69. The van der Waals surface area contributed by atoms with Gasteiger partial charge in [0.05, 0.1) is 32.0 Å².